The zero-order chi connectivity index (χ0) is 17.9. The van der Waals surface area contributed by atoms with E-state index in [0.29, 0.717) is 11.6 Å². The predicted octanol–water partition coefficient (Wildman–Crippen LogP) is 1.92. The lowest BCUT2D eigenvalue weighted by Gasteiger charge is -2.41. The van der Waals surface area contributed by atoms with Gasteiger partial charge in [-0.05, 0) is 70.6 Å². The number of fused-ring (bicyclic) bond motifs is 1. The van der Waals surface area contributed by atoms with Gasteiger partial charge >= 0.3 is 0 Å². The molecule has 26 heavy (non-hydrogen) atoms. The molecule has 1 aromatic carbocycles. The molecule has 0 spiro atoms. The standard InChI is InChI=1S/C20H27N5O/c1-24-11-6-17(7-12-24)25-10-2-3-16(14-25)23-20(26)15-4-5-18-19(13-15)22-9-8-21-18/h4-5,8-9,13,16-17H,2-3,6-7,10-12,14H2,1H3,(H,23,26). The van der Waals surface area contributed by atoms with Crippen LogP contribution in [0.25, 0.3) is 11.0 Å². The van der Waals surface area contributed by atoms with Crippen molar-refractivity contribution in [3.8, 4) is 0 Å². The molecule has 1 aromatic heterocycles. The monoisotopic (exact) mass is 353 g/mol. The molecule has 2 fully saturated rings. The first kappa shape index (κ1) is 17.4. The molecule has 6 heteroatoms. The minimum atomic E-state index is -0.00668. The van der Waals surface area contributed by atoms with E-state index in [1.165, 1.54) is 25.9 Å². The number of carbonyl (C=O) groups is 1. The summed E-state index contributed by atoms with van der Waals surface area (Å²) in [4.78, 5) is 26.2. The molecule has 3 heterocycles. The van der Waals surface area contributed by atoms with Crippen molar-refractivity contribution in [2.24, 2.45) is 0 Å². The number of aromatic nitrogens is 2. The van der Waals surface area contributed by atoms with Gasteiger partial charge in [-0.25, -0.2) is 0 Å². The van der Waals surface area contributed by atoms with E-state index < -0.39 is 0 Å². The number of benzene rings is 1. The molecule has 6 nitrogen and oxygen atoms in total. The fourth-order valence-electron chi connectivity index (χ4n) is 4.19. The van der Waals surface area contributed by atoms with Crippen molar-refractivity contribution in [1.29, 1.82) is 0 Å². The van der Waals surface area contributed by atoms with Crippen molar-refractivity contribution < 1.29 is 4.79 Å². The highest BCUT2D eigenvalue weighted by Gasteiger charge is 2.28. The van der Waals surface area contributed by atoms with Crippen LogP contribution < -0.4 is 5.32 Å². The lowest BCUT2D eigenvalue weighted by atomic mass is 9.98. The van der Waals surface area contributed by atoms with Crippen LogP contribution in [0.3, 0.4) is 0 Å². The third kappa shape index (κ3) is 3.86. The van der Waals surface area contributed by atoms with E-state index in [1.54, 1.807) is 12.4 Å². The fourth-order valence-corrected chi connectivity index (χ4v) is 4.19. The van der Waals surface area contributed by atoms with Crippen LogP contribution in [0.15, 0.2) is 30.6 Å². The topological polar surface area (TPSA) is 61.4 Å². The summed E-state index contributed by atoms with van der Waals surface area (Å²) < 4.78 is 0. The molecule has 138 valence electrons. The molecule has 0 aliphatic carbocycles. The molecule has 2 aromatic rings. The Morgan fingerprint density at radius 2 is 1.85 bits per heavy atom. The van der Waals surface area contributed by atoms with Crippen molar-refractivity contribution >= 4 is 16.9 Å². The molecular weight excluding hydrogens is 326 g/mol. The highest BCUT2D eigenvalue weighted by molar-refractivity contribution is 5.97. The van der Waals surface area contributed by atoms with Crippen molar-refractivity contribution in [1.82, 2.24) is 25.1 Å². The average Bonchev–Trinajstić information content (AvgIpc) is 2.68. The van der Waals surface area contributed by atoms with E-state index in [2.05, 4.69) is 32.1 Å². The van der Waals surface area contributed by atoms with E-state index in [0.717, 1.165) is 37.0 Å². The maximum atomic E-state index is 12.7. The van der Waals surface area contributed by atoms with Gasteiger partial charge < -0.3 is 10.2 Å². The van der Waals surface area contributed by atoms with E-state index >= 15 is 0 Å². The summed E-state index contributed by atoms with van der Waals surface area (Å²) in [7, 11) is 2.20. The van der Waals surface area contributed by atoms with E-state index in [9.17, 15) is 4.79 Å². The van der Waals surface area contributed by atoms with Gasteiger partial charge in [-0.1, -0.05) is 0 Å². The summed E-state index contributed by atoms with van der Waals surface area (Å²) in [5.74, 6) is -0.00668. The van der Waals surface area contributed by atoms with Crippen LogP contribution in [0.5, 0.6) is 0 Å². The van der Waals surface area contributed by atoms with Crippen LogP contribution in [0, 0.1) is 0 Å². The third-order valence-corrected chi connectivity index (χ3v) is 5.72. The minimum absolute atomic E-state index is 0.00668. The van der Waals surface area contributed by atoms with Gasteiger partial charge in [0.1, 0.15) is 0 Å². The van der Waals surface area contributed by atoms with Crippen molar-refractivity contribution in [3.63, 3.8) is 0 Å². The maximum Gasteiger partial charge on any atom is 0.251 e. The van der Waals surface area contributed by atoms with Crippen molar-refractivity contribution in [2.75, 3.05) is 33.2 Å². The molecule has 2 aliphatic rings. The van der Waals surface area contributed by atoms with E-state index in [1.807, 2.05) is 18.2 Å². The molecular formula is C20H27N5O. The molecule has 0 saturated carbocycles. The largest absolute Gasteiger partial charge is 0.348 e. The Morgan fingerprint density at radius 1 is 1.08 bits per heavy atom. The Hall–Kier alpha value is -2.05. The summed E-state index contributed by atoms with van der Waals surface area (Å²) in [6.07, 6.45) is 8.01. The zero-order valence-electron chi connectivity index (χ0n) is 15.4. The van der Waals surface area contributed by atoms with Crippen molar-refractivity contribution in [3.05, 3.63) is 36.2 Å². The van der Waals surface area contributed by atoms with Gasteiger partial charge in [0.05, 0.1) is 11.0 Å². The lowest BCUT2D eigenvalue weighted by Crippen LogP contribution is -2.53. The van der Waals surface area contributed by atoms with E-state index in [-0.39, 0.29) is 11.9 Å². The molecule has 1 unspecified atom stereocenters. The molecule has 0 radical (unpaired) electrons. The SMILES string of the molecule is CN1CCC(N2CCCC(NC(=O)c3ccc4nccnc4c3)C2)CC1. The number of likely N-dealkylation sites (tertiary alicyclic amines) is 2. The lowest BCUT2D eigenvalue weighted by molar-refractivity contribution is 0.0766. The Labute approximate surface area is 154 Å². The molecule has 0 bridgehead atoms. The number of nitrogens with zero attached hydrogens (tertiary/aromatic N) is 4. The second-order valence-electron chi connectivity index (χ2n) is 7.60. The smallest absolute Gasteiger partial charge is 0.251 e. The number of hydrogen-bond acceptors (Lipinski definition) is 5. The first-order chi connectivity index (χ1) is 12.7. The van der Waals surface area contributed by atoms with Crippen LogP contribution in [0.1, 0.15) is 36.0 Å². The highest BCUT2D eigenvalue weighted by Crippen LogP contribution is 2.21. The molecule has 2 aliphatic heterocycles. The summed E-state index contributed by atoms with van der Waals surface area (Å²) >= 11 is 0. The Morgan fingerprint density at radius 3 is 2.65 bits per heavy atom. The summed E-state index contributed by atoms with van der Waals surface area (Å²) in [5.41, 5.74) is 2.24. The molecule has 1 amide bonds. The second kappa shape index (κ2) is 7.68. The number of amides is 1. The Bertz CT molecular complexity index is 772. The summed E-state index contributed by atoms with van der Waals surface area (Å²) in [6.45, 7) is 4.48. The number of carbonyl (C=O) groups excluding carboxylic acids is 1. The minimum Gasteiger partial charge on any atom is -0.348 e. The van der Waals surface area contributed by atoms with Crippen LogP contribution in [-0.2, 0) is 0 Å². The quantitative estimate of drug-likeness (QED) is 0.913. The third-order valence-electron chi connectivity index (χ3n) is 5.72. The van der Waals surface area contributed by atoms with Gasteiger partial charge in [-0.15, -0.1) is 0 Å². The van der Waals surface area contributed by atoms with Crippen LogP contribution in [0.2, 0.25) is 0 Å². The summed E-state index contributed by atoms with van der Waals surface area (Å²) in [5, 5.41) is 3.24. The normalized spacial score (nSPS) is 23.2. The number of hydrogen-bond donors (Lipinski definition) is 1. The van der Waals surface area contributed by atoms with Gasteiger partial charge in [0, 0.05) is 36.6 Å². The summed E-state index contributed by atoms with van der Waals surface area (Å²) in [6, 6.07) is 6.43. The average molecular weight is 353 g/mol. The first-order valence-corrected chi connectivity index (χ1v) is 9.63. The molecule has 2 saturated heterocycles. The number of piperidine rings is 2. The fraction of sp³-hybridized carbons (Fsp3) is 0.550. The van der Waals surface area contributed by atoms with Gasteiger partial charge in [0.25, 0.3) is 5.91 Å². The highest BCUT2D eigenvalue weighted by atomic mass is 16.1. The van der Waals surface area contributed by atoms with Crippen LogP contribution in [0.4, 0.5) is 0 Å². The zero-order valence-corrected chi connectivity index (χ0v) is 15.4. The van der Waals surface area contributed by atoms with Crippen molar-refractivity contribution in [2.45, 2.75) is 37.8 Å². The molecule has 1 N–H and O–H groups in total. The van der Waals surface area contributed by atoms with Crippen LogP contribution >= 0.6 is 0 Å². The van der Waals surface area contributed by atoms with Gasteiger partial charge in [-0.3, -0.25) is 19.7 Å². The van der Waals surface area contributed by atoms with Gasteiger partial charge in [0.15, 0.2) is 0 Å². The van der Waals surface area contributed by atoms with E-state index in [4.69, 9.17) is 0 Å². The Balaban J connectivity index is 1.38. The molecule has 1 atom stereocenters. The van der Waals surface area contributed by atoms with Crippen LogP contribution in [-0.4, -0.2) is 71.0 Å². The number of nitrogens with one attached hydrogen (secondary N) is 1. The predicted molar refractivity (Wildman–Crippen MR) is 102 cm³/mol. The van der Waals surface area contributed by atoms with Gasteiger partial charge in [-0.2, -0.15) is 0 Å². The second-order valence-corrected chi connectivity index (χ2v) is 7.60. The van der Waals surface area contributed by atoms with Gasteiger partial charge in [0.2, 0.25) is 0 Å². The first-order valence-electron chi connectivity index (χ1n) is 9.63. The molecule has 4 rings (SSSR count). The number of rotatable bonds is 3. The maximum absolute atomic E-state index is 12.7. The Kier molecular flexibility index (Phi) is 5.13.